The second kappa shape index (κ2) is 1.99. The Balaban J connectivity index is 1.91. The SMILES string of the molecule is [O][NH+]1C2CC3CC(C2)CC1C3. The van der Waals surface area contributed by atoms with E-state index in [1.165, 1.54) is 32.1 Å². The van der Waals surface area contributed by atoms with Crippen molar-refractivity contribution in [3.05, 3.63) is 0 Å². The third-order valence-electron chi connectivity index (χ3n) is 3.94. The molecule has 2 saturated carbocycles. The lowest BCUT2D eigenvalue weighted by atomic mass is 9.64. The van der Waals surface area contributed by atoms with Crippen molar-refractivity contribution in [2.45, 2.75) is 44.2 Å². The van der Waals surface area contributed by atoms with Crippen molar-refractivity contribution in [1.82, 2.24) is 0 Å². The Morgan fingerprint density at radius 2 is 1.27 bits per heavy atom. The second-order valence-corrected chi connectivity index (χ2v) is 4.71. The van der Waals surface area contributed by atoms with Crippen molar-refractivity contribution >= 4 is 0 Å². The molecule has 0 aromatic carbocycles. The highest BCUT2D eigenvalue weighted by Crippen LogP contribution is 2.41. The van der Waals surface area contributed by atoms with Crippen LogP contribution in [0.5, 0.6) is 0 Å². The van der Waals surface area contributed by atoms with Gasteiger partial charge in [-0.15, -0.1) is 5.06 Å². The van der Waals surface area contributed by atoms with Gasteiger partial charge in [-0.25, -0.2) is 0 Å². The Bertz CT molecular complexity index is 152. The first kappa shape index (κ1) is 6.44. The molecule has 0 aromatic rings. The van der Waals surface area contributed by atoms with Crippen molar-refractivity contribution in [2.24, 2.45) is 11.8 Å². The molecule has 1 N–H and O–H groups in total. The molecule has 0 spiro atoms. The van der Waals surface area contributed by atoms with E-state index >= 15 is 0 Å². The van der Waals surface area contributed by atoms with Crippen LogP contribution < -0.4 is 5.06 Å². The molecule has 0 aromatic heterocycles. The highest BCUT2D eigenvalue weighted by molar-refractivity contribution is 4.90. The quantitative estimate of drug-likeness (QED) is 0.513. The summed E-state index contributed by atoms with van der Waals surface area (Å²) in [6, 6.07) is 1.01. The molecule has 1 radical (unpaired) electrons. The molecule has 2 heterocycles. The molecule has 2 heteroatoms. The van der Waals surface area contributed by atoms with Gasteiger partial charge in [0.2, 0.25) is 0 Å². The summed E-state index contributed by atoms with van der Waals surface area (Å²) in [5.74, 6) is 1.88. The Morgan fingerprint density at radius 1 is 0.818 bits per heavy atom. The van der Waals surface area contributed by atoms with Crippen LogP contribution >= 0.6 is 0 Å². The third kappa shape index (κ3) is 0.798. The molecule has 4 bridgehead atoms. The predicted molar refractivity (Wildman–Crippen MR) is 39.3 cm³/mol. The van der Waals surface area contributed by atoms with Crippen molar-refractivity contribution < 1.29 is 10.3 Å². The fraction of sp³-hybridized carbons (Fsp3) is 1.00. The van der Waals surface area contributed by atoms with E-state index in [2.05, 4.69) is 0 Å². The second-order valence-electron chi connectivity index (χ2n) is 4.71. The minimum atomic E-state index is 0.506. The Kier molecular flexibility index (Phi) is 1.16. The van der Waals surface area contributed by atoms with E-state index in [4.69, 9.17) is 0 Å². The minimum absolute atomic E-state index is 0.506. The Morgan fingerprint density at radius 3 is 1.73 bits per heavy atom. The highest BCUT2D eigenvalue weighted by Gasteiger charge is 2.51. The van der Waals surface area contributed by atoms with E-state index in [1.54, 1.807) is 0 Å². The van der Waals surface area contributed by atoms with Crippen LogP contribution in [0.2, 0.25) is 0 Å². The van der Waals surface area contributed by atoms with Crippen LogP contribution in [0.3, 0.4) is 0 Å². The zero-order chi connectivity index (χ0) is 7.42. The average molecular weight is 153 g/mol. The van der Waals surface area contributed by atoms with Gasteiger partial charge in [-0.05, 0) is 18.3 Å². The van der Waals surface area contributed by atoms with Gasteiger partial charge in [0.25, 0.3) is 0 Å². The summed E-state index contributed by atoms with van der Waals surface area (Å²) in [6.45, 7) is 0. The lowest BCUT2D eigenvalue weighted by Crippen LogP contribution is -3.18. The van der Waals surface area contributed by atoms with Crippen LogP contribution in [-0.2, 0) is 5.21 Å². The van der Waals surface area contributed by atoms with Crippen molar-refractivity contribution in [2.75, 3.05) is 0 Å². The van der Waals surface area contributed by atoms with Crippen LogP contribution in [0.1, 0.15) is 32.1 Å². The maximum atomic E-state index is 11.6. The molecule has 4 rings (SSSR count). The van der Waals surface area contributed by atoms with E-state index in [0.29, 0.717) is 17.1 Å². The Labute approximate surface area is 67.1 Å². The van der Waals surface area contributed by atoms with Gasteiger partial charge >= 0.3 is 0 Å². The molecule has 2 aliphatic carbocycles. The first-order chi connectivity index (χ1) is 5.33. The van der Waals surface area contributed by atoms with Crippen LogP contribution in [-0.4, -0.2) is 12.1 Å². The summed E-state index contributed by atoms with van der Waals surface area (Å²) in [7, 11) is 0. The van der Waals surface area contributed by atoms with Gasteiger partial charge in [0.15, 0.2) is 0 Å². The highest BCUT2D eigenvalue weighted by atomic mass is 16.5. The lowest BCUT2D eigenvalue weighted by molar-refractivity contribution is -1.16. The molecular weight excluding hydrogens is 138 g/mol. The summed E-state index contributed by atoms with van der Waals surface area (Å²) in [5.41, 5.74) is 0. The number of hydrogen-bond acceptors (Lipinski definition) is 0. The van der Waals surface area contributed by atoms with E-state index < -0.39 is 0 Å². The van der Waals surface area contributed by atoms with E-state index in [1.807, 2.05) is 0 Å². The molecule has 2 saturated heterocycles. The number of hydroxylamine groups is 2. The monoisotopic (exact) mass is 153 g/mol. The van der Waals surface area contributed by atoms with E-state index in [-0.39, 0.29) is 0 Å². The van der Waals surface area contributed by atoms with Gasteiger partial charge in [0.05, 0.1) is 0 Å². The van der Waals surface area contributed by atoms with E-state index in [0.717, 1.165) is 11.8 Å². The van der Waals surface area contributed by atoms with Gasteiger partial charge in [-0.1, -0.05) is 0 Å². The van der Waals surface area contributed by atoms with Gasteiger partial charge in [0, 0.05) is 30.9 Å². The van der Waals surface area contributed by atoms with Gasteiger partial charge < -0.3 is 0 Å². The van der Waals surface area contributed by atoms with Crippen molar-refractivity contribution in [3.8, 4) is 0 Å². The zero-order valence-corrected chi connectivity index (χ0v) is 6.75. The minimum Gasteiger partial charge on any atom is -0.147 e. The fourth-order valence-electron chi connectivity index (χ4n) is 3.65. The fourth-order valence-corrected chi connectivity index (χ4v) is 3.65. The predicted octanol–water partition coefficient (Wildman–Crippen LogP) is 0.178. The van der Waals surface area contributed by atoms with Crippen LogP contribution in [0.15, 0.2) is 0 Å². The molecule has 0 unspecified atom stereocenters. The average Bonchev–Trinajstić information content (AvgIpc) is 1.98. The molecular formula is C9H15NO+. The first-order valence-electron chi connectivity index (χ1n) is 4.86. The van der Waals surface area contributed by atoms with Crippen LogP contribution in [0.4, 0.5) is 0 Å². The molecule has 4 aliphatic rings. The maximum Gasteiger partial charge on any atom is 0.121 e. The summed E-state index contributed by atoms with van der Waals surface area (Å²) in [4.78, 5) is 0. The molecule has 2 aliphatic heterocycles. The largest absolute Gasteiger partial charge is 0.147 e. The number of piperidine rings is 2. The van der Waals surface area contributed by atoms with Gasteiger partial charge in [-0.3, -0.25) is 0 Å². The van der Waals surface area contributed by atoms with Gasteiger partial charge in [-0.2, -0.15) is 0 Å². The molecule has 4 fully saturated rings. The summed E-state index contributed by atoms with van der Waals surface area (Å²) >= 11 is 0. The number of nitrogens with one attached hydrogen (secondary N) is 1. The Hall–Kier alpha value is -0.0800. The number of hydrogen-bond donors (Lipinski definition) is 1. The first-order valence-corrected chi connectivity index (χ1v) is 4.86. The van der Waals surface area contributed by atoms with E-state index in [9.17, 15) is 5.21 Å². The van der Waals surface area contributed by atoms with Crippen LogP contribution in [0.25, 0.3) is 0 Å². The number of quaternary nitrogens is 1. The topological polar surface area (TPSA) is 24.3 Å². The molecule has 11 heavy (non-hydrogen) atoms. The van der Waals surface area contributed by atoms with Crippen molar-refractivity contribution in [1.29, 1.82) is 0 Å². The maximum absolute atomic E-state index is 11.6. The standard InChI is InChI=1S/C9H15NO/c11-10-8-2-6-1-7(4-8)5-9(10)3-6/h6-10H,1-5H2/q+1. The molecule has 61 valence electrons. The zero-order valence-electron chi connectivity index (χ0n) is 6.75. The van der Waals surface area contributed by atoms with Crippen molar-refractivity contribution in [3.63, 3.8) is 0 Å². The summed E-state index contributed by atoms with van der Waals surface area (Å²) < 4.78 is 0. The molecule has 2 nitrogen and oxygen atoms in total. The molecule has 0 amide bonds. The third-order valence-corrected chi connectivity index (χ3v) is 3.94. The lowest BCUT2D eigenvalue weighted by Gasteiger charge is -2.48. The summed E-state index contributed by atoms with van der Waals surface area (Å²) in [5, 5.41) is 12.2. The van der Waals surface area contributed by atoms with Gasteiger partial charge in [0.1, 0.15) is 12.1 Å². The normalized spacial score (nSPS) is 60.3. The number of rotatable bonds is 0. The summed E-state index contributed by atoms with van der Waals surface area (Å²) in [6.07, 6.45) is 6.41. The van der Waals surface area contributed by atoms with Crippen LogP contribution in [0, 0.1) is 11.8 Å². The molecule has 0 atom stereocenters. The smallest absolute Gasteiger partial charge is 0.121 e.